The van der Waals surface area contributed by atoms with E-state index < -0.39 is 0 Å². The number of ether oxygens (including phenoxy) is 4. The van der Waals surface area contributed by atoms with Crippen LogP contribution in [0.1, 0.15) is 63.7 Å². The fourth-order valence-electron chi connectivity index (χ4n) is 3.63. The average molecular weight is 391 g/mol. The Labute approximate surface area is 169 Å². The van der Waals surface area contributed by atoms with Gasteiger partial charge in [0.25, 0.3) is 0 Å². The van der Waals surface area contributed by atoms with E-state index in [0.717, 1.165) is 48.1 Å². The monoisotopic (exact) mass is 390 g/mol. The molecular formula is C23H34O5. The minimum absolute atomic E-state index is 0.0563. The lowest BCUT2D eigenvalue weighted by Gasteiger charge is -2.32. The molecule has 0 spiro atoms. The average Bonchev–Trinajstić information content (AvgIpc) is 2.65. The van der Waals surface area contributed by atoms with Gasteiger partial charge in [-0.25, -0.2) is 4.79 Å². The van der Waals surface area contributed by atoms with Gasteiger partial charge in [0.15, 0.2) is 0 Å². The molecule has 1 aromatic rings. The summed E-state index contributed by atoms with van der Waals surface area (Å²) >= 11 is 0. The number of methoxy groups -OCH3 is 1. The predicted molar refractivity (Wildman–Crippen MR) is 109 cm³/mol. The molecule has 1 unspecified atom stereocenters. The van der Waals surface area contributed by atoms with Crippen molar-refractivity contribution >= 4 is 5.97 Å². The molecule has 0 aliphatic heterocycles. The Morgan fingerprint density at radius 2 is 1.96 bits per heavy atom. The van der Waals surface area contributed by atoms with Crippen molar-refractivity contribution in [1.82, 2.24) is 0 Å². The molecule has 0 aromatic heterocycles. The summed E-state index contributed by atoms with van der Waals surface area (Å²) in [6.45, 7) is 8.60. The van der Waals surface area contributed by atoms with E-state index in [4.69, 9.17) is 18.9 Å². The molecule has 1 aliphatic rings. The van der Waals surface area contributed by atoms with Crippen LogP contribution in [0.5, 0.6) is 5.75 Å². The minimum Gasteiger partial charge on any atom is -0.491 e. The maximum atomic E-state index is 11.7. The molecule has 1 aliphatic carbocycles. The van der Waals surface area contributed by atoms with Crippen LogP contribution in [0.4, 0.5) is 0 Å². The van der Waals surface area contributed by atoms with E-state index >= 15 is 0 Å². The van der Waals surface area contributed by atoms with E-state index in [1.54, 1.807) is 13.2 Å². The van der Waals surface area contributed by atoms with Crippen molar-refractivity contribution in [3.8, 4) is 5.75 Å². The van der Waals surface area contributed by atoms with Gasteiger partial charge in [-0.05, 0) is 76.5 Å². The molecular weight excluding hydrogens is 356 g/mol. The second kappa shape index (κ2) is 11.2. The summed E-state index contributed by atoms with van der Waals surface area (Å²) in [5.74, 6) is 1.03. The largest absolute Gasteiger partial charge is 0.491 e. The molecule has 5 nitrogen and oxygen atoms in total. The SMILES string of the molecule is CCOC(=O)C=C1CCC(C(OCOC)c2ccc(C)c(OC(C)C)c2)CC1. The van der Waals surface area contributed by atoms with Crippen LogP contribution in [-0.4, -0.2) is 32.6 Å². The summed E-state index contributed by atoms with van der Waals surface area (Å²) in [7, 11) is 1.64. The summed E-state index contributed by atoms with van der Waals surface area (Å²) in [6.07, 6.45) is 5.43. The molecule has 28 heavy (non-hydrogen) atoms. The van der Waals surface area contributed by atoms with E-state index in [2.05, 4.69) is 25.1 Å². The van der Waals surface area contributed by atoms with Crippen LogP contribution in [0.15, 0.2) is 29.8 Å². The lowest BCUT2D eigenvalue weighted by molar-refractivity contribution is -0.137. The molecule has 1 saturated carbocycles. The van der Waals surface area contributed by atoms with Crippen LogP contribution in [0.3, 0.4) is 0 Å². The second-order valence-electron chi connectivity index (χ2n) is 7.58. The lowest BCUT2D eigenvalue weighted by atomic mass is 9.80. The number of hydrogen-bond acceptors (Lipinski definition) is 5. The van der Waals surface area contributed by atoms with Crippen LogP contribution in [0.25, 0.3) is 0 Å². The molecule has 0 amide bonds. The first-order valence-corrected chi connectivity index (χ1v) is 10.2. The number of carbonyl (C=O) groups is 1. The minimum atomic E-state index is -0.239. The molecule has 2 rings (SSSR count). The van der Waals surface area contributed by atoms with Crippen molar-refractivity contribution < 1.29 is 23.7 Å². The number of allylic oxidation sites excluding steroid dienone is 1. The number of esters is 1. The number of rotatable bonds is 9. The highest BCUT2D eigenvalue weighted by Crippen LogP contribution is 2.40. The summed E-state index contributed by atoms with van der Waals surface area (Å²) in [4.78, 5) is 11.7. The molecule has 0 radical (unpaired) electrons. The highest BCUT2D eigenvalue weighted by atomic mass is 16.7. The molecule has 0 N–H and O–H groups in total. The number of aryl methyl sites for hydroxylation is 1. The van der Waals surface area contributed by atoms with Crippen molar-refractivity contribution in [2.45, 2.75) is 65.6 Å². The Morgan fingerprint density at radius 3 is 2.57 bits per heavy atom. The number of benzene rings is 1. The topological polar surface area (TPSA) is 54.0 Å². The summed E-state index contributed by atoms with van der Waals surface area (Å²) in [5.41, 5.74) is 3.39. The first-order chi connectivity index (χ1) is 13.4. The van der Waals surface area contributed by atoms with Crippen LogP contribution in [0, 0.1) is 12.8 Å². The summed E-state index contributed by atoms with van der Waals surface area (Å²) in [5, 5.41) is 0. The normalized spacial score (nSPS) is 18.1. The Bertz CT molecular complexity index is 655. The van der Waals surface area contributed by atoms with Crippen molar-refractivity contribution in [2.75, 3.05) is 20.5 Å². The fourth-order valence-corrected chi connectivity index (χ4v) is 3.63. The molecule has 1 fully saturated rings. The van der Waals surface area contributed by atoms with Gasteiger partial charge in [-0.1, -0.05) is 17.7 Å². The first kappa shape index (κ1) is 22.4. The maximum absolute atomic E-state index is 11.7. The van der Waals surface area contributed by atoms with Crippen LogP contribution >= 0.6 is 0 Å². The van der Waals surface area contributed by atoms with Gasteiger partial charge in [0.2, 0.25) is 0 Å². The molecule has 1 atom stereocenters. The van der Waals surface area contributed by atoms with Crippen molar-refractivity contribution in [1.29, 1.82) is 0 Å². The van der Waals surface area contributed by atoms with Crippen molar-refractivity contribution in [3.63, 3.8) is 0 Å². The molecule has 5 heteroatoms. The van der Waals surface area contributed by atoms with Crippen LogP contribution in [0.2, 0.25) is 0 Å². The Morgan fingerprint density at radius 1 is 1.25 bits per heavy atom. The zero-order chi connectivity index (χ0) is 20.5. The molecule has 1 aromatic carbocycles. The molecule has 156 valence electrons. The van der Waals surface area contributed by atoms with Gasteiger partial charge in [0, 0.05) is 13.2 Å². The summed E-state index contributed by atoms with van der Waals surface area (Å²) in [6, 6.07) is 6.30. The van der Waals surface area contributed by atoms with E-state index in [1.807, 2.05) is 20.8 Å². The second-order valence-corrected chi connectivity index (χ2v) is 7.58. The first-order valence-electron chi connectivity index (χ1n) is 10.2. The molecule has 0 saturated heterocycles. The zero-order valence-corrected chi connectivity index (χ0v) is 17.8. The Kier molecular flexibility index (Phi) is 9.00. The van der Waals surface area contributed by atoms with Gasteiger partial charge >= 0.3 is 5.97 Å². The Hall–Kier alpha value is -1.85. The number of carbonyl (C=O) groups excluding carboxylic acids is 1. The fraction of sp³-hybridized carbons (Fsp3) is 0.609. The zero-order valence-electron chi connectivity index (χ0n) is 17.8. The highest BCUT2D eigenvalue weighted by Gasteiger charge is 2.28. The molecule has 0 heterocycles. The van der Waals surface area contributed by atoms with Gasteiger partial charge in [0.1, 0.15) is 12.5 Å². The maximum Gasteiger partial charge on any atom is 0.330 e. The van der Waals surface area contributed by atoms with Gasteiger partial charge in [-0.2, -0.15) is 0 Å². The van der Waals surface area contributed by atoms with Gasteiger partial charge in [-0.15, -0.1) is 0 Å². The lowest BCUT2D eigenvalue weighted by Crippen LogP contribution is -2.21. The van der Waals surface area contributed by atoms with Crippen LogP contribution in [-0.2, 0) is 19.0 Å². The van der Waals surface area contributed by atoms with E-state index in [1.165, 1.54) is 0 Å². The predicted octanol–water partition coefficient (Wildman–Crippen LogP) is 5.12. The standard InChI is InChI=1S/C23H34O5/c1-6-26-22(24)13-18-8-11-19(12-9-18)23(27-15-25-5)20-10-7-17(4)21(14-20)28-16(2)3/h7,10,13-14,16,19,23H,6,8-9,11-12,15H2,1-5H3. The summed E-state index contributed by atoms with van der Waals surface area (Å²) < 4.78 is 22.3. The highest BCUT2D eigenvalue weighted by molar-refractivity contribution is 5.82. The van der Waals surface area contributed by atoms with Gasteiger partial charge in [-0.3, -0.25) is 0 Å². The van der Waals surface area contributed by atoms with Crippen LogP contribution < -0.4 is 4.74 Å². The third-order valence-corrected chi connectivity index (χ3v) is 4.98. The van der Waals surface area contributed by atoms with E-state index in [9.17, 15) is 4.79 Å². The molecule has 0 bridgehead atoms. The smallest absolute Gasteiger partial charge is 0.330 e. The van der Waals surface area contributed by atoms with E-state index in [0.29, 0.717) is 12.5 Å². The third kappa shape index (κ3) is 6.64. The number of hydrogen-bond donors (Lipinski definition) is 0. The van der Waals surface area contributed by atoms with Gasteiger partial charge in [0.05, 0.1) is 18.8 Å². The quantitative estimate of drug-likeness (QED) is 0.333. The third-order valence-electron chi connectivity index (χ3n) is 4.98. The van der Waals surface area contributed by atoms with Crippen molar-refractivity contribution in [3.05, 3.63) is 41.0 Å². The van der Waals surface area contributed by atoms with E-state index in [-0.39, 0.29) is 25.0 Å². The van der Waals surface area contributed by atoms with Gasteiger partial charge < -0.3 is 18.9 Å². The Balaban J connectivity index is 2.13. The van der Waals surface area contributed by atoms with Crippen molar-refractivity contribution in [2.24, 2.45) is 5.92 Å².